The minimum Gasteiger partial charge on any atom is -0.456 e. The van der Waals surface area contributed by atoms with Crippen LogP contribution in [0.15, 0.2) is 12.1 Å². The molecule has 1 aromatic rings. The SMILES string of the molecule is O=C(OC1CCOC1)c1ccc(Cl)nc1Cl. The van der Waals surface area contributed by atoms with Crippen molar-refractivity contribution in [3.63, 3.8) is 0 Å². The summed E-state index contributed by atoms with van der Waals surface area (Å²) in [6, 6.07) is 2.99. The summed E-state index contributed by atoms with van der Waals surface area (Å²) in [5.41, 5.74) is 0.220. The van der Waals surface area contributed by atoms with Crippen molar-refractivity contribution in [1.29, 1.82) is 0 Å². The average Bonchev–Trinajstić information content (AvgIpc) is 2.70. The zero-order chi connectivity index (χ0) is 11.5. The molecule has 0 saturated carbocycles. The molecule has 1 aliphatic rings. The third kappa shape index (κ3) is 2.64. The molecule has 86 valence electrons. The number of pyridine rings is 1. The van der Waals surface area contributed by atoms with Crippen molar-refractivity contribution < 1.29 is 14.3 Å². The lowest BCUT2D eigenvalue weighted by atomic mass is 10.3. The molecule has 1 unspecified atom stereocenters. The Kier molecular flexibility index (Phi) is 3.63. The molecule has 1 saturated heterocycles. The highest BCUT2D eigenvalue weighted by molar-refractivity contribution is 6.34. The molecule has 1 aromatic heterocycles. The maximum atomic E-state index is 11.7. The van der Waals surface area contributed by atoms with Crippen molar-refractivity contribution in [3.05, 3.63) is 28.0 Å². The predicted molar refractivity (Wildman–Crippen MR) is 58.9 cm³/mol. The van der Waals surface area contributed by atoms with Gasteiger partial charge in [-0.3, -0.25) is 0 Å². The summed E-state index contributed by atoms with van der Waals surface area (Å²) in [7, 11) is 0. The Hall–Kier alpha value is -0.840. The number of esters is 1. The summed E-state index contributed by atoms with van der Waals surface area (Å²) < 4.78 is 10.3. The fourth-order valence-electron chi connectivity index (χ4n) is 1.39. The maximum Gasteiger partial charge on any atom is 0.341 e. The number of halogens is 2. The normalized spacial score (nSPS) is 19.8. The van der Waals surface area contributed by atoms with Gasteiger partial charge in [0, 0.05) is 6.42 Å². The van der Waals surface area contributed by atoms with Crippen LogP contribution in [0.3, 0.4) is 0 Å². The third-order valence-electron chi connectivity index (χ3n) is 2.20. The monoisotopic (exact) mass is 261 g/mol. The molecule has 0 aromatic carbocycles. The van der Waals surface area contributed by atoms with Crippen LogP contribution in [0.4, 0.5) is 0 Å². The molecule has 1 aliphatic heterocycles. The molecule has 2 rings (SSSR count). The molecule has 1 fully saturated rings. The maximum absolute atomic E-state index is 11.7. The van der Waals surface area contributed by atoms with Gasteiger partial charge in [-0.25, -0.2) is 9.78 Å². The van der Waals surface area contributed by atoms with Crippen molar-refractivity contribution in [2.45, 2.75) is 12.5 Å². The Balaban J connectivity index is 2.08. The number of rotatable bonds is 2. The highest BCUT2D eigenvalue weighted by atomic mass is 35.5. The molecule has 0 bridgehead atoms. The van der Waals surface area contributed by atoms with Gasteiger partial charge in [-0.15, -0.1) is 0 Å². The Labute approximate surface area is 102 Å². The van der Waals surface area contributed by atoms with E-state index < -0.39 is 5.97 Å². The molecule has 0 N–H and O–H groups in total. The molecule has 16 heavy (non-hydrogen) atoms. The molecule has 6 heteroatoms. The van der Waals surface area contributed by atoms with Gasteiger partial charge in [-0.05, 0) is 12.1 Å². The Morgan fingerprint density at radius 2 is 2.31 bits per heavy atom. The molecule has 0 amide bonds. The van der Waals surface area contributed by atoms with Gasteiger partial charge in [-0.1, -0.05) is 23.2 Å². The second-order valence-corrected chi connectivity index (χ2v) is 4.11. The molecule has 2 heterocycles. The van der Waals surface area contributed by atoms with E-state index in [1.807, 2.05) is 0 Å². The van der Waals surface area contributed by atoms with Gasteiger partial charge in [0.1, 0.15) is 16.4 Å². The molecule has 0 aliphatic carbocycles. The largest absolute Gasteiger partial charge is 0.456 e. The number of carbonyl (C=O) groups excluding carboxylic acids is 1. The first kappa shape index (κ1) is 11.6. The van der Waals surface area contributed by atoms with Crippen LogP contribution in [0.1, 0.15) is 16.8 Å². The molecule has 1 atom stereocenters. The second-order valence-electron chi connectivity index (χ2n) is 3.36. The molecular formula is C10H9Cl2NO3. The van der Waals surface area contributed by atoms with Crippen LogP contribution in [0.2, 0.25) is 10.3 Å². The van der Waals surface area contributed by atoms with Crippen LogP contribution in [-0.4, -0.2) is 30.3 Å². The van der Waals surface area contributed by atoms with Gasteiger partial charge in [0.05, 0.1) is 18.8 Å². The van der Waals surface area contributed by atoms with Crippen LogP contribution in [0, 0.1) is 0 Å². The smallest absolute Gasteiger partial charge is 0.341 e. The van der Waals surface area contributed by atoms with E-state index in [1.54, 1.807) is 0 Å². The summed E-state index contributed by atoms with van der Waals surface area (Å²) in [4.78, 5) is 15.5. The lowest BCUT2D eigenvalue weighted by Crippen LogP contribution is -2.18. The molecular weight excluding hydrogens is 253 g/mol. The van der Waals surface area contributed by atoms with E-state index in [-0.39, 0.29) is 22.0 Å². The Morgan fingerprint density at radius 1 is 1.50 bits per heavy atom. The van der Waals surface area contributed by atoms with Crippen LogP contribution in [0.25, 0.3) is 0 Å². The summed E-state index contributed by atoms with van der Waals surface area (Å²) in [5.74, 6) is -0.496. The zero-order valence-electron chi connectivity index (χ0n) is 8.28. The first-order valence-corrected chi connectivity index (χ1v) is 5.53. The van der Waals surface area contributed by atoms with E-state index in [1.165, 1.54) is 12.1 Å². The second kappa shape index (κ2) is 4.99. The van der Waals surface area contributed by atoms with Crippen LogP contribution in [-0.2, 0) is 9.47 Å². The van der Waals surface area contributed by atoms with Gasteiger partial charge >= 0.3 is 5.97 Å². The molecule has 4 nitrogen and oxygen atoms in total. The van der Waals surface area contributed by atoms with Gasteiger partial charge in [0.2, 0.25) is 0 Å². The van der Waals surface area contributed by atoms with E-state index in [2.05, 4.69) is 4.98 Å². The predicted octanol–water partition coefficient (Wildman–Crippen LogP) is 2.33. The lowest BCUT2D eigenvalue weighted by Gasteiger charge is -2.10. The van der Waals surface area contributed by atoms with Crippen LogP contribution < -0.4 is 0 Å². The van der Waals surface area contributed by atoms with Gasteiger partial charge in [0.25, 0.3) is 0 Å². The van der Waals surface area contributed by atoms with Crippen LogP contribution >= 0.6 is 23.2 Å². The van der Waals surface area contributed by atoms with Crippen molar-refractivity contribution in [3.8, 4) is 0 Å². The molecule has 0 radical (unpaired) electrons. The number of ether oxygens (including phenoxy) is 2. The quantitative estimate of drug-likeness (QED) is 0.606. The average molecular weight is 262 g/mol. The summed E-state index contributed by atoms with van der Waals surface area (Å²) in [6.07, 6.45) is 0.518. The van der Waals surface area contributed by atoms with Crippen molar-refractivity contribution in [1.82, 2.24) is 4.98 Å². The first-order chi connectivity index (χ1) is 7.66. The van der Waals surface area contributed by atoms with Crippen LogP contribution in [0.5, 0.6) is 0 Å². The fraction of sp³-hybridized carbons (Fsp3) is 0.400. The summed E-state index contributed by atoms with van der Waals surface area (Å²) in [6.45, 7) is 1.05. The zero-order valence-corrected chi connectivity index (χ0v) is 9.79. The lowest BCUT2D eigenvalue weighted by molar-refractivity contribution is 0.0270. The fourth-order valence-corrected chi connectivity index (χ4v) is 1.81. The number of hydrogen-bond acceptors (Lipinski definition) is 4. The van der Waals surface area contributed by atoms with Gasteiger partial charge in [-0.2, -0.15) is 0 Å². The van der Waals surface area contributed by atoms with Gasteiger partial charge in [0.15, 0.2) is 0 Å². The Bertz CT molecular complexity index is 405. The topological polar surface area (TPSA) is 48.4 Å². The van der Waals surface area contributed by atoms with E-state index in [4.69, 9.17) is 32.7 Å². The number of nitrogens with zero attached hydrogens (tertiary/aromatic N) is 1. The van der Waals surface area contributed by atoms with E-state index in [9.17, 15) is 4.79 Å². The summed E-state index contributed by atoms with van der Waals surface area (Å²) >= 11 is 11.4. The molecule has 0 spiro atoms. The minimum absolute atomic E-state index is 0.0522. The van der Waals surface area contributed by atoms with E-state index in [0.29, 0.717) is 19.6 Å². The van der Waals surface area contributed by atoms with Crippen molar-refractivity contribution >= 4 is 29.2 Å². The van der Waals surface area contributed by atoms with E-state index >= 15 is 0 Å². The number of aromatic nitrogens is 1. The van der Waals surface area contributed by atoms with Crippen molar-refractivity contribution in [2.75, 3.05) is 13.2 Å². The Morgan fingerprint density at radius 3 is 2.94 bits per heavy atom. The van der Waals surface area contributed by atoms with Gasteiger partial charge < -0.3 is 9.47 Å². The third-order valence-corrected chi connectivity index (χ3v) is 2.69. The highest BCUT2D eigenvalue weighted by Crippen LogP contribution is 2.19. The van der Waals surface area contributed by atoms with Crippen molar-refractivity contribution in [2.24, 2.45) is 0 Å². The van der Waals surface area contributed by atoms with E-state index in [0.717, 1.165) is 0 Å². The minimum atomic E-state index is -0.496. The first-order valence-electron chi connectivity index (χ1n) is 4.77. The summed E-state index contributed by atoms with van der Waals surface area (Å²) in [5, 5.41) is 0.294. The standard InChI is InChI=1S/C10H9Cl2NO3/c11-8-2-1-7(9(12)13-8)10(14)16-6-3-4-15-5-6/h1-2,6H,3-5H2. The number of carbonyl (C=O) groups is 1. The number of hydrogen-bond donors (Lipinski definition) is 0. The highest BCUT2D eigenvalue weighted by Gasteiger charge is 2.22.